The maximum absolute atomic E-state index is 5.64. The van der Waals surface area contributed by atoms with Crippen molar-refractivity contribution in [2.24, 2.45) is 0 Å². The molecule has 0 radical (unpaired) electrons. The molecule has 5 heteroatoms. The maximum atomic E-state index is 5.64. The van der Waals surface area contributed by atoms with Crippen LogP contribution in [0.25, 0.3) is 17.1 Å². The number of aromatic nitrogens is 4. The normalized spacial score (nSPS) is 10.4. The van der Waals surface area contributed by atoms with Gasteiger partial charge in [0.15, 0.2) is 5.82 Å². The Kier molecular flexibility index (Phi) is 2.49. The van der Waals surface area contributed by atoms with E-state index in [9.17, 15) is 0 Å². The van der Waals surface area contributed by atoms with E-state index in [4.69, 9.17) is 5.73 Å². The summed E-state index contributed by atoms with van der Waals surface area (Å²) in [6.45, 7) is 0. The van der Waals surface area contributed by atoms with Gasteiger partial charge >= 0.3 is 0 Å². The number of anilines is 1. The topological polar surface area (TPSA) is 69.6 Å². The van der Waals surface area contributed by atoms with E-state index in [1.54, 1.807) is 23.1 Å². The molecule has 3 aromatic rings. The average Bonchev–Trinajstić information content (AvgIpc) is 2.93. The predicted octanol–water partition coefficient (Wildman–Crippen LogP) is 1.91. The Morgan fingerprint density at radius 2 is 1.83 bits per heavy atom. The molecule has 0 bridgehead atoms. The lowest BCUT2D eigenvalue weighted by Crippen LogP contribution is -1.96. The van der Waals surface area contributed by atoms with Crippen LogP contribution in [0, 0.1) is 0 Å². The zero-order valence-electron chi connectivity index (χ0n) is 9.56. The second-order valence-corrected chi connectivity index (χ2v) is 3.80. The zero-order valence-corrected chi connectivity index (χ0v) is 9.56. The van der Waals surface area contributed by atoms with Crippen LogP contribution >= 0.6 is 0 Å². The van der Waals surface area contributed by atoms with Gasteiger partial charge in [0.05, 0.1) is 5.69 Å². The van der Waals surface area contributed by atoms with E-state index in [1.165, 1.54) is 0 Å². The van der Waals surface area contributed by atoms with Crippen molar-refractivity contribution in [2.75, 3.05) is 5.73 Å². The minimum absolute atomic E-state index is 0.469. The van der Waals surface area contributed by atoms with Gasteiger partial charge in [0, 0.05) is 24.2 Å². The van der Waals surface area contributed by atoms with Gasteiger partial charge in [-0.25, -0.2) is 14.6 Å². The lowest BCUT2D eigenvalue weighted by atomic mass is 10.2. The van der Waals surface area contributed by atoms with E-state index in [-0.39, 0.29) is 0 Å². The predicted molar refractivity (Wildman–Crippen MR) is 69.0 cm³/mol. The van der Waals surface area contributed by atoms with E-state index in [2.05, 4.69) is 15.1 Å². The molecule has 0 aliphatic heterocycles. The molecule has 88 valence electrons. The van der Waals surface area contributed by atoms with Crippen molar-refractivity contribution in [1.82, 2.24) is 19.7 Å². The molecule has 0 aliphatic carbocycles. The second-order valence-electron chi connectivity index (χ2n) is 3.80. The summed E-state index contributed by atoms with van der Waals surface area (Å²) in [5, 5.41) is 4.17. The molecule has 0 unspecified atom stereocenters. The molecule has 3 rings (SSSR count). The third-order valence-electron chi connectivity index (χ3n) is 2.57. The van der Waals surface area contributed by atoms with E-state index < -0.39 is 0 Å². The molecule has 0 aliphatic rings. The summed E-state index contributed by atoms with van der Waals surface area (Å²) < 4.78 is 1.80. The summed E-state index contributed by atoms with van der Waals surface area (Å²) in [7, 11) is 0. The number of hydrogen-bond donors (Lipinski definition) is 1. The average molecular weight is 237 g/mol. The van der Waals surface area contributed by atoms with Crippen molar-refractivity contribution >= 4 is 5.82 Å². The molecule has 0 amide bonds. The van der Waals surface area contributed by atoms with Crippen molar-refractivity contribution in [3.8, 4) is 17.1 Å². The number of hydrogen-bond acceptors (Lipinski definition) is 4. The fourth-order valence-corrected chi connectivity index (χ4v) is 1.70. The molecular weight excluding hydrogens is 226 g/mol. The SMILES string of the molecule is Nc1ccnc(-c2ccc(-n3cccn3)cc2)n1. The van der Waals surface area contributed by atoms with Gasteiger partial charge in [-0.15, -0.1) is 0 Å². The summed E-state index contributed by atoms with van der Waals surface area (Å²) in [6.07, 6.45) is 5.29. The van der Waals surface area contributed by atoms with E-state index in [0.717, 1.165) is 11.3 Å². The summed E-state index contributed by atoms with van der Waals surface area (Å²) in [6, 6.07) is 11.4. The quantitative estimate of drug-likeness (QED) is 0.739. The highest BCUT2D eigenvalue weighted by molar-refractivity contribution is 5.58. The molecule has 0 saturated carbocycles. The third-order valence-corrected chi connectivity index (χ3v) is 2.57. The smallest absolute Gasteiger partial charge is 0.161 e. The molecular formula is C13H11N5. The molecule has 0 fully saturated rings. The van der Waals surface area contributed by atoms with Gasteiger partial charge in [-0.3, -0.25) is 0 Å². The summed E-state index contributed by atoms with van der Waals surface area (Å²) in [5.41, 5.74) is 7.56. The largest absolute Gasteiger partial charge is 0.384 e. The van der Waals surface area contributed by atoms with Gasteiger partial charge in [0.2, 0.25) is 0 Å². The van der Waals surface area contributed by atoms with Crippen molar-refractivity contribution in [3.63, 3.8) is 0 Å². The van der Waals surface area contributed by atoms with Gasteiger partial charge in [-0.05, 0) is 36.4 Å². The Balaban J connectivity index is 1.96. The lowest BCUT2D eigenvalue weighted by molar-refractivity contribution is 0.880. The first-order chi connectivity index (χ1) is 8.83. The van der Waals surface area contributed by atoms with Crippen molar-refractivity contribution in [1.29, 1.82) is 0 Å². The first-order valence-electron chi connectivity index (χ1n) is 5.52. The molecule has 5 nitrogen and oxygen atoms in total. The molecule has 1 aromatic carbocycles. The Morgan fingerprint density at radius 3 is 2.50 bits per heavy atom. The third kappa shape index (κ3) is 1.93. The summed E-state index contributed by atoms with van der Waals surface area (Å²) >= 11 is 0. The van der Waals surface area contributed by atoms with Crippen molar-refractivity contribution in [3.05, 3.63) is 55.0 Å². The number of rotatable bonds is 2. The summed E-state index contributed by atoms with van der Waals surface area (Å²) in [5.74, 6) is 1.10. The lowest BCUT2D eigenvalue weighted by Gasteiger charge is -2.03. The molecule has 0 atom stereocenters. The van der Waals surface area contributed by atoms with Gasteiger partial charge in [0.25, 0.3) is 0 Å². The Hall–Kier alpha value is -2.69. The molecule has 2 aromatic heterocycles. The van der Waals surface area contributed by atoms with Crippen LogP contribution in [0.3, 0.4) is 0 Å². The first-order valence-corrected chi connectivity index (χ1v) is 5.52. The Morgan fingerprint density at radius 1 is 1.00 bits per heavy atom. The van der Waals surface area contributed by atoms with Crippen LogP contribution in [0.2, 0.25) is 0 Å². The van der Waals surface area contributed by atoms with Gasteiger partial charge < -0.3 is 5.73 Å². The van der Waals surface area contributed by atoms with Crippen LogP contribution in [-0.2, 0) is 0 Å². The second kappa shape index (κ2) is 4.29. The van der Waals surface area contributed by atoms with Crippen LogP contribution in [0.5, 0.6) is 0 Å². The monoisotopic (exact) mass is 237 g/mol. The fraction of sp³-hybridized carbons (Fsp3) is 0. The van der Waals surface area contributed by atoms with Gasteiger partial charge in [-0.2, -0.15) is 5.10 Å². The highest BCUT2D eigenvalue weighted by atomic mass is 15.3. The van der Waals surface area contributed by atoms with E-state index in [0.29, 0.717) is 11.6 Å². The van der Waals surface area contributed by atoms with Crippen LogP contribution in [0.4, 0.5) is 5.82 Å². The Bertz CT molecular complexity index is 643. The highest BCUT2D eigenvalue weighted by Crippen LogP contribution is 2.17. The number of nitrogen functional groups attached to an aromatic ring is 1. The van der Waals surface area contributed by atoms with Crippen LogP contribution < -0.4 is 5.73 Å². The number of nitrogens with two attached hydrogens (primary N) is 1. The first kappa shape index (κ1) is 10.5. The van der Waals surface area contributed by atoms with Crippen LogP contribution in [0.15, 0.2) is 55.0 Å². The molecule has 0 spiro atoms. The zero-order chi connectivity index (χ0) is 12.4. The Labute approximate surface area is 104 Å². The number of benzene rings is 1. The molecule has 0 saturated heterocycles. The fourth-order valence-electron chi connectivity index (χ4n) is 1.70. The molecule has 2 heterocycles. The maximum Gasteiger partial charge on any atom is 0.161 e. The van der Waals surface area contributed by atoms with Gasteiger partial charge in [0.1, 0.15) is 5.82 Å². The number of nitrogens with zero attached hydrogens (tertiary/aromatic N) is 4. The van der Waals surface area contributed by atoms with E-state index in [1.807, 2.05) is 36.5 Å². The van der Waals surface area contributed by atoms with Crippen LogP contribution in [-0.4, -0.2) is 19.7 Å². The van der Waals surface area contributed by atoms with Crippen molar-refractivity contribution in [2.45, 2.75) is 0 Å². The standard InChI is InChI=1S/C13H11N5/c14-12-6-8-15-13(17-12)10-2-4-11(5-3-10)18-9-1-7-16-18/h1-9H,(H2,14,15,17). The van der Waals surface area contributed by atoms with E-state index >= 15 is 0 Å². The highest BCUT2D eigenvalue weighted by Gasteiger charge is 2.02. The van der Waals surface area contributed by atoms with Gasteiger partial charge in [-0.1, -0.05) is 0 Å². The van der Waals surface area contributed by atoms with Crippen molar-refractivity contribution < 1.29 is 0 Å². The minimum Gasteiger partial charge on any atom is -0.384 e. The van der Waals surface area contributed by atoms with Crippen LogP contribution in [0.1, 0.15) is 0 Å². The molecule has 2 N–H and O–H groups in total. The minimum atomic E-state index is 0.469. The molecule has 18 heavy (non-hydrogen) atoms. The summed E-state index contributed by atoms with van der Waals surface area (Å²) in [4.78, 5) is 8.37.